The minimum Gasteiger partial charge on any atom is -0.481 e. The van der Waals surface area contributed by atoms with E-state index in [2.05, 4.69) is 5.32 Å². The van der Waals surface area contributed by atoms with Gasteiger partial charge in [0, 0.05) is 25.4 Å². The summed E-state index contributed by atoms with van der Waals surface area (Å²) >= 11 is 0. The quantitative estimate of drug-likeness (QED) is 0.656. The Kier molecular flexibility index (Phi) is 8.75. The molecule has 0 aliphatic rings. The molecule has 0 aromatic heterocycles. The second-order valence-corrected chi connectivity index (χ2v) is 4.65. The van der Waals surface area contributed by atoms with Crippen LogP contribution in [0, 0.1) is 11.3 Å². The van der Waals surface area contributed by atoms with Crippen molar-refractivity contribution >= 4 is 17.9 Å². The normalized spacial score (nSPS) is 9.90. The van der Waals surface area contributed by atoms with Crippen molar-refractivity contribution in [1.82, 2.24) is 10.2 Å². The van der Waals surface area contributed by atoms with E-state index < -0.39 is 17.9 Å². The van der Waals surface area contributed by atoms with Crippen LogP contribution in [-0.2, 0) is 9.59 Å². The van der Waals surface area contributed by atoms with Crippen LogP contribution < -0.4 is 5.32 Å². The molecule has 0 saturated heterocycles. The molecule has 0 saturated carbocycles. The predicted octanol–water partition coefficient (Wildman–Crippen LogP) is 1.49. The minimum atomic E-state index is -0.899. The highest BCUT2D eigenvalue weighted by Gasteiger charge is 2.18. The van der Waals surface area contributed by atoms with Gasteiger partial charge in [-0.2, -0.15) is 5.26 Å². The zero-order valence-corrected chi connectivity index (χ0v) is 11.9. The number of carbonyl (C=O) groups is 3. The molecule has 0 atom stereocenters. The molecule has 20 heavy (non-hydrogen) atoms. The van der Waals surface area contributed by atoms with E-state index in [0.29, 0.717) is 12.8 Å². The topological polar surface area (TPSA) is 111 Å². The SMILES string of the molecule is CC(C)N(CCC#N)C(=O)NC(=O)CCCCC(=O)O. The number of nitriles is 1. The van der Waals surface area contributed by atoms with Crippen LogP contribution in [0.3, 0.4) is 0 Å². The standard InChI is InChI=1S/C13H21N3O4/c1-10(2)16(9-5-8-14)13(20)15-11(17)6-3-4-7-12(18)19/h10H,3-7,9H2,1-2H3,(H,18,19)(H,15,17,20). The first-order valence-corrected chi connectivity index (χ1v) is 6.57. The first-order valence-electron chi connectivity index (χ1n) is 6.57. The third-order valence-corrected chi connectivity index (χ3v) is 2.64. The number of rotatable bonds is 8. The minimum absolute atomic E-state index is 0.0154. The average molecular weight is 283 g/mol. The van der Waals surface area contributed by atoms with E-state index in [4.69, 9.17) is 10.4 Å². The molecule has 0 spiro atoms. The lowest BCUT2D eigenvalue weighted by Crippen LogP contribution is -2.46. The summed E-state index contributed by atoms with van der Waals surface area (Å²) in [6, 6.07) is 1.33. The van der Waals surface area contributed by atoms with Crippen molar-refractivity contribution in [3.05, 3.63) is 0 Å². The first-order chi connectivity index (χ1) is 9.38. The van der Waals surface area contributed by atoms with E-state index in [1.54, 1.807) is 13.8 Å². The van der Waals surface area contributed by atoms with Gasteiger partial charge in [-0.15, -0.1) is 0 Å². The lowest BCUT2D eigenvalue weighted by atomic mass is 10.2. The fourth-order valence-electron chi connectivity index (χ4n) is 1.58. The van der Waals surface area contributed by atoms with Gasteiger partial charge in [0.15, 0.2) is 0 Å². The maximum absolute atomic E-state index is 11.8. The Morgan fingerprint density at radius 3 is 2.35 bits per heavy atom. The molecular weight excluding hydrogens is 262 g/mol. The molecule has 0 aliphatic carbocycles. The number of aliphatic carboxylic acids is 1. The van der Waals surface area contributed by atoms with Gasteiger partial charge in [0.2, 0.25) is 5.91 Å². The Morgan fingerprint density at radius 2 is 1.85 bits per heavy atom. The summed E-state index contributed by atoms with van der Waals surface area (Å²) in [6.45, 7) is 3.87. The molecular formula is C13H21N3O4. The Bertz CT molecular complexity index is 388. The summed E-state index contributed by atoms with van der Waals surface area (Å²) < 4.78 is 0. The Morgan fingerprint density at radius 1 is 1.25 bits per heavy atom. The number of unbranched alkanes of at least 4 members (excludes halogenated alkanes) is 1. The summed E-state index contributed by atoms with van der Waals surface area (Å²) in [5.74, 6) is -1.33. The van der Waals surface area contributed by atoms with Crippen LogP contribution >= 0.6 is 0 Å². The van der Waals surface area contributed by atoms with Crippen LogP contribution in [0.2, 0.25) is 0 Å². The molecule has 0 aliphatic heterocycles. The van der Waals surface area contributed by atoms with Crippen molar-refractivity contribution in [3.63, 3.8) is 0 Å². The molecule has 0 aromatic carbocycles. The van der Waals surface area contributed by atoms with Gasteiger partial charge in [0.1, 0.15) is 0 Å². The van der Waals surface area contributed by atoms with E-state index >= 15 is 0 Å². The predicted molar refractivity (Wildman–Crippen MR) is 71.7 cm³/mol. The van der Waals surface area contributed by atoms with E-state index in [0.717, 1.165) is 0 Å². The lowest BCUT2D eigenvalue weighted by Gasteiger charge is -2.25. The maximum atomic E-state index is 11.8. The van der Waals surface area contributed by atoms with Crippen LogP contribution in [0.5, 0.6) is 0 Å². The Hall–Kier alpha value is -2.10. The van der Waals surface area contributed by atoms with Crippen molar-refractivity contribution in [2.24, 2.45) is 0 Å². The molecule has 0 rings (SSSR count). The van der Waals surface area contributed by atoms with E-state index in [9.17, 15) is 14.4 Å². The summed E-state index contributed by atoms with van der Waals surface area (Å²) in [7, 11) is 0. The molecule has 0 fully saturated rings. The number of hydrogen-bond acceptors (Lipinski definition) is 4. The van der Waals surface area contributed by atoms with Gasteiger partial charge in [-0.25, -0.2) is 4.79 Å². The monoisotopic (exact) mass is 283 g/mol. The third-order valence-electron chi connectivity index (χ3n) is 2.64. The number of imide groups is 1. The lowest BCUT2D eigenvalue weighted by molar-refractivity contribution is -0.137. The van der Waals surface area contributed by atoms with Crippen LogP contribution in [-0.4, -0.2) is 40.5 Å². The van der Waals surface area contributed by atoms with Crippen molar-refractivity contribution < 1.29 is 19.5 Å². The molecule has 0 aromatic rings. The van der Waals surface area contributed by atoms with Gasteiger partial charge in [0.25, 0.3) is 0 Å². The van der Waals surface area contributed by atoms with Crippen LogP contribution in [0.4, 0.5) is 4.79 Å². The van der Waals surface area contributed by atoms with Crippen LogP contribution in [0.15, 0.2) is 0 Å². The fraction of sp³-hybridized carbons (Fsp3) is 0.692. The van der Waals surface area contributed by atoms with E-state index in [1.807, 2.05) is 6.07 Å². The van der Waals surface area contributed by atoms with Crippen molar-refractivity contribution in [3.8, 4) is 6.07 Å². The summed E-state index contributed by atoms with van der Waals surface area (Å²) in [6.07, 6.45) is 1.16. The largest absolute Gasteiger partial charge is 0.481 e. The number of carbonyl (C=O) groups excluding carboxylic acids is 2. The summed E-state index contributed by atoms with van der Waals surface area (Å²) in [4.78, 5) is 35.1. The molecule has 112 valence electrons. The number of hydrogen-bond donors (Lipinski definition) is 2. The van der Waals surface area contributed by atoms with Gasteiger partial charge in [-0.3, -0.25) is 14.9 Å². The molecule has 2 N–H and O–H groups in total. The van der Waals surface area contributed by atoms with Gasteiger partial charge >= 0.3 is 12.0 Å². The molecule has 0 radical (unpaired) electrons. The summed E-state index contributed by atoms with van der Waals surface area (Å²) in [5.41, 5.74) is 0. The van der Waals surface area contributed by atoms with Gasteiger partial charge in [0.05, 0.1) is 12.5 Å². The number of nitrogens with one attached hydrogen (secondary N) is 1. The highest BCUT2D eigenvalue weighted by Crippen LogP contribution is 2.03. The number of amides is 3. The second-order valence-electron chi connectivity index (χ2n) is 4.65. The molecule has 7 nitrogen and oxygen atoms in total. The number of nitrogens with zero attached hydrogens (tertiary/aromatic N) is 2. The summed E-state index contributed by atoms with van der Waals surface area (Å²) in [5, 5.41) is 19.2. The second kappa shape index (κ2) is 9.78. The number of carboxylic acid groups (broad SMARTS) is 1. The van der Waals surface area contributed by atoms with Crippen molar-refractivity contribution in [2.75, 3.05) is 6.54 Å². The number of urea groups is 1. The van der Waals surface area contributed by atoms with Crippen molar-refractivity contribution in [2.45, 2.75) is 52.0 Å². The molecule has 0 bridgehead atoms. The van der Waals surface area contributed by atoms with Gasteiger partial charge < -0.3 is 10.0 Å². The Balaban J connectivity index is 4.11. The van der Waals surface area contributed by atoms with Gasteiger partial charge in [-0.1, -0.05) is 0 Å². The number of carboxylic acids is 1. The highest BCUT2D eigenvalue weighted by molar-refractivity contribution is 5.94. The van der Waals surface area contributed by atoms with Crippen LogP contribution in [0.1, 0.15) is 46.0 Å². The molecule has 7 heteroatoms. The zero-order chi connectivity index (χ0) is 15.5. The van der Waals surface area contributed by atoms with E-state index in [-0.39, 0.29) is 31.8 Å². The molecule has 0 unspecified atom stereocenters. The maximum Gasteiger partial charge on any atom is 0.324 e. The molecule has 3 amide bonds. The van der Waals surface area contributed by atoms with E-state index in [1.165, 1.54) is 4.90 Å². The van der Waals surface area contributed by atoms with Gasteiger partial charge in [-0.05, 0) is 26.7 Å². The third kappa shape index (κ3) is 8.08. The van der Waals surface area contributed by atoms with Crippen molar-refractivity contribution in [1.29, 1.82) is 5.26 Å². The zero-order valence-electron chi connectivity index (χ0n) is 11.9. The smallest absolute Gasteiger partial charge is 0.324 e. The average Bonchev–Trinajstić information content (AvgIpc) is 2.34. The fourth-order valence-corrected chi connectivity index (χ4v) is 1.58. The van der Waals surface area contributed by atoms with Crippen LogP contribution in [0.25, 0.3) is 0 Å². The highest BCUT2D eigenvalue weighted by atomic mass is 16.4. The Labute approximate surface area is 118 Å². The molecule has 0 heterocycles. The first kappa shape index (κ1) is 17.9.